The van der Waals surface area contributed by atoms with Crippen molar-refractivity contribution in [1.29, 1.82) is 0 Å². The predicted molar refractivity (Wildman–Crippen MR) is 89.5 cm³/mol. The summed E-state index contributed by atoms with van der Waals surface area (Å²) in [7, 11) is 1.76. The van der Waals surface area contributed by atoms with Crippen LogP contribution < -0.4 is 4.74 Å². The first-order valence-corrected chi connectivity index (χ1v) is 8.20. The molecule has 1 fully saturated rings. The summed E-state index contributed by atoms with van der Waals surface area (Å²) in [5, 5.41) is 1.29. The number of H-pyrrole nitrogens is 1. The van der Waals surface area contributed by atoms with Crippen LogP contribution in [0.15, 0.2) is 18.3 Å². The van der Waals surface area contributed by atoms with Gasteiger partial charge in [0.2, 0.25) is 0 Å². The first kappa shape index (κ1) is 15.4. The Balaban J connectivity index is 1.79. The second kappa shape index (κ2) is 6.71. The number of piperidine rings is 1. The molecule has 4 nitrogen and oxygen atoms in total. The van der Waals surface area contributed by atoms with E-state index in [4.69, 9.17) is 9.47 Å². The second-order valence-electron chi connectivity index (χ2n) is 6.07. The Morgan fingerprint density at radius 2 is 2.09 bits per heavy atom. The van der Waals surface area contributed by atoms with Crippen LogP contribution in [-0.4, -0.2) is 42.8 Å². The number of likely N-dealkylation sites (tertiary alicyclic amines) is 1. The van der Waals surface area contributed by atoms with Crippen LogP contribution in [0.1, 0.15) is 30.9 Å². The molecule has 22 heavy (non-hydrogen) atoms. The number of ether oxygens (including phenoxy) is 2. The van der Waals surface area contributed by atoms with Crippen molar-refractivity contribution >= 4 is 10.9 Å². The zero-order valence-corrected chi connectivity index (χ0v) is 13.8. The Bertz CT molecular complexity index is 627. The number of nitrogens with zero attached hydrogens (tertiary/aromatic N) is 1. The van der Waals surface area contributed by atoms with Gasteiger partial charge in [0.05, 0.1) is 18.7 Å². The quantitative estimate of drug-likeness (QED) is 0.918. The van der Waals surface area contributed by atoms with Gasteiger partial charge in [-0.1, -0.05) is 0 Å². The molecule has 1 saturated heterocycles. The molecule has 0 bridgehead atoms. The Hall–Kier alpha value is -1.52. The maximum absolute atomic E-state index is 5.74. The van der Waals surface area contributed by atoms with E-state index in [1.807, 2.05) is 6.20 Å². The summed E-state index contributed by atoms with van der Waals surface area (Å²) in [6, 6.07) is 4.30. The van der Waals surface area contributed by atoms with Crippen LogP contribution in [0.3, 0.4) is 0 Å². The topological polar surface area (TPSA) is 37.5 Å². The lowest BCUT2D eigenvalue weighted by molar-refractivity contribution is 0.0125. The van der Waals surface area contributed by atoms with Gasteiger partial charge in [0, 0.05) is 43.4 Å². The second-order valence-corrected chi connectivity index (χ2v) is 6.07. The first-order chi connectivity index (χ1) is 10.7. The highest BCUT2D eigenvalue weighted by Crippen LogP contribution is 2.32. The highest BCUT2D eigenvalue weighted by molar-refractivity contribution is 5.87. The largest absolute Gasteiger partial charge is 0.496 e. The number of aromatic nitrogens is 1. The molecular weight excluding hydrogens is 276 g/mol. The number of aryl methyl sites for hydroxylation is 1. The molecule has 1 aromatic carbocycles. The fourth-order valence-electron chi connectivity index (χ4n) is 3.46. The maximum Gasteiger partial charge on any atom is 0.125 e. The molecular formula is C18H26N2O2. The molecule has 2 heterocycles. The number of benzene rings is 1. The number of hydrogen-bond acceptors (Lipinski definition) is 3. The van der Waals surface area contributed by atoms with Gasteiger partial charge < -0.3 is 14.5 Å². The van der Waals surface area contributed by atoms with Crippen LogP contribution in [0.2, 0.25) is 0 Å². The molecule has 0 spiro atoms. The average Bonchev–Trinajstić information content (AvgIpc) is 3.02. The summed E-state index contributed by atoms with van der Waals surface area (Å²) in [6.07, 6.45) is 4.69. The maximum atomic E-state index is 5.74. The Morgan fingerprint density at radius 1 is 1.32 bits per heavy atom. The number of methoxy groups -OCH3 is 1. The molecule has 0 atom stereocenters. The van der Waals surface area contributed by atoms with E-state index in [0.717, 1.165) is 44.8 Å². The smallest absolute Gasteiger partial charge is 0.125 e. The zero-order chi connectivity index (χ0) is 15.5. The molecule has 1 aliphatic heterocycles. The van der Waals surface area contributed by atoms with Crippen LogP contribution in [0.5, 0.6) is 5.75 Å². The van der Waals surface area contributed by atoms with E-state index in [9.17, 15) is 0 Å². The minimum Gasteiger partial charge on any atom is -0.496 e. The van der Waals surface area contributed by atoms with Crippen LogP contribution in [-0.2, 0) is 11.3 Å². The van der Waals surface area contributed by atoms with Gasteiger partial charge in [-0.2, -0.15) is 0 Å². The summed E-state index contributed by atoms with van der Waals surface area (Å²) in [6.45, 7) is 8.13. The molecule has 3 rings (SSSR count). The third-order valence-electron chi connectivity index (χ3n) is 4.66. The third-order valence-corrected chi connectivity index (χ3v) is 4.66. The molecule has 0 saturated carbocycles. The van der Waals surface area contributed by atoms with Crippen LogP contribution in [0.25, 0.3) is 10.9 Å². The van der Waals surface area contributed by atoms with Gasteiger partial charge in [-0.3, -0.25) is 4.90 Å². The molecule has 0 aliphatic carbocycles. The lowest BCUT2D eigenvalue weighted by atomic mass is 10.0. The lowest BCUT2D eigenvalue weighted by Crippen LogP contribution is -2.36. The average molecular weight is 302 g/mol. The van der Waals surface area contributed by atoms with Crippen molar-refractivity contribution in [1.82, 2.24) is 9.88 Å². The monoisotopic (exact) mass is 302 g/mol. The Morgan fingerprint density at radius 3 is 2.77 bits per heavy atom. The number of rotatable bonds is 5. The highest BCUT2D eigenvalue weighted by atomic mass is 16.5. The zero-order valence-electron chi connectivity index (χ0n) is 13.8. The summed E-state index contributed by atoms with van der Waals surface area (Å²) >= 11 is 0. The van der Waals surface area contributed by atoms with E-state index in [1.165, 1.54) is 22.0 Å². The van der Waals surface area contributed by atoms with E-state index < -0.39 is 0 Å². The van der Waals surface area contributed by atoms with E-state index in [1.54, 1.807) is 7.11 Å². The Labute approximate surface area is 132 Å². The normalized spacial score (nSPS) is 17.2. The number of fused-ring (bicyclic) bond motifs is 1. The predicted octanol–water partition coefficient (Wildman–Crippen LogP) is 3.49. The molecule has 120 valence electrons. The molecule has 0 amide bonds. The minimum absolute atomic E-state index is 0.437. The SMILES string of the molecule is CCOC1CCN(Cc2c(OC)cc(C)c3cc[nH]c23)CC1. The van der Waals surface area contributed by atoms with Crippen molar-refractivity contribution in [2.45, 2.75) is 39.3 Å². The molecule has 2 aromatic rings. The van der Waals surface area contributed by atoms with E-state index >= 15 is 0 Å². The van der Waals surface area contributed by atoms with Crippen LogP contribution in [0.4, 0.5) is 0 Å². The first-order valence-electron chi connectivity index (χ1n) is 8.20. The van der Waals surface area contributed by atoms with Gasteiger partial charge in [-0.15, -0.1) is 0 Å². The molecule has 1 aromatic heterocycles. The van der Waals surface area contributed by atoms with E-state index in [-0.39, 0.29) is 0 Å². The summed E-state index contributed by atoms with van der Waals surface area (Å²) in [5.41, 5.74) is 3.73. The summed E-state index contributed by atoms with van der Waals surface area (Å²) in [5.74, 6) is 0.986. The van der Waals surface area contributed by atoms with Crippen LogP contribution >= 0.6 is 0 Å². The molecule has 0 radical (unpaired) electrons. The van der Waals surface area contributed by atoms with Gasteiger partial charge >= 0.3 is 0 Å². The van der Waals surface area contributed by atoms with Crippen molar-refractivity contribution in [2.75, 3.05) is 26.8 Å². The van der Waals surface area contributed by atoms with Gasteiger partial charge in [0.1, 0.15) is 5.75 Å². The van der Waals surface area contributed by atoms with Crippen molar-refractivity contribution in [2.24, 2.45) is 0 Å². The minimum atomic E-state index is 0.437. The molecule has 4 heteroatoms. The van der Waals surface area contributed by atoms with Gasteiger partial charge in [0.15, 0.2) is 0 Å². The van der Waals surface area contributed by atoms with E-state index in [2.05, 4.69) is 35.9 Å². The van der Waals surface area contributed by atoms with Crippen molar-refractivity contribution in [3.63, 3.8) is 0 Å². The summed E-state index contributed by atoms with van der Waals surface area (Å²) < 4.78 is 11.4. The van der Waals surface area contributed by atoms with Crippen molar-refractivity contribution < 1.29 is 9.47 Å². The van der Waals surface area contributed by atoms with Gasteiger partial charge in [0.25, 0.3) is 0 Å². The fourth-order valence-corrected chi connectivity index (χ4v) is 3.46. The van der Waals surface area contributed by atoms with Crippen molar-refractivity contribution in [3.8, 4) is 5.75 Å². The molecule has 0 unspecified atom stereocenters. The van der Waals surface area contributed by atoms with Crippen molar-refractivity contribution in [3.05, 3.63) is 29.5 Å². The van der Waals surface area contributed by atoms with Gasteiger partial charge in [-0.05, 0) is 44.4 Å². The Kier molecular flexibility index (Phi) is 4.69. The highest BCUT2D eigenvalue weighted by Gasteiger charge is 2.21. The standard InChI is InChI=1S/C18H26N2O2/c1-4-22-14-6-9-20(10-7-14)12-16-17(21-3)11-13(2)15-5-8-19-18(15)16/h5,8,11,14,19H,4,6-7,9-10,12H2,1-3H3. The lowest BCUT2D eigenvalue weighted by Gasteiger charge is -2.32. The molecule has 1 N–H and O–H groups in total. The van der Waals surface area contributed by atoms with Crippen LogP contribution in [0, 0.1) is 6.92 Å². The number of aromatic amines is 1. The summed E-state index contributed by atoms with van der Waals surface area (Å²) in [4.78, 5) is 5.89. The number of nitrogens with one attached hydrogen (secondary N) is 1. The van der Waals surface area contributed by atoms with Gasteiger partial charge in [-0.25, -0.2) is 0 Å². The third kappa shape index (κ3) is 2.99. The van der Waals surface area contributed by atoms with E-state index in [0.29, 0.717) is 6.10 Å². The fraction of sp³-hybridized carbons (Fsp3) is 0.556. The number of hydrogen-bond donors (Lipinski definition) is 1. The molecule has 1 aliphatic rings.